The van der Waals surface area contributed by atoms with Gasteiger partial charge < -0.3 is 4.90 Å². The number of hydrogen-bond donors (Lipinski definition) is 0. The molecule has 0 aliphatic rings. The van der Waals surface area contributed by atoms with Gasteiger partial charge in [0.2, 0.25) is 5.91 Å². The molecular formula is C19H28FN5O. The molecule has 6 nitrogen and oxygen atoms in total. The minimum absolute atomic E-state index is 0.000810. The summed E-state index contributed by atoms with van der Waals surface area (Å²) in [6.07, 6.45) is 2.49. The fourth-order valence-corrected chi connectivity index (χ4v) is 3.09. The summed E-state index contributed by atoms with van der Waals surface area (Å²) in [5.41, 5.74) is 0.873. The van der Waals surface area contributed by atoms with Gasteiger partial charge in [0.05, 0.1) is 0 Å². The first kappa shape index (κ1) is 20.0. The van der Waals surface area contributed by atoms with Crippen LogP contribution in [0.3, 0.4) is 0 Å². The van der Waals surface area contributed by atoms with E-state index in [1.807, 2.05) is 11.8 Å². The van der Waals surface area contributed by atoms with Crippen LogP contribution in [0.4, 0.5) is 4.39 Å². The van der Waals surface area contributed by atoms with Gasteiger partial charge in [0.1, 0.15) is 17.7 Å². The van der Waals surface area contributed by atoms with Crippen LogP contribution < -0.4 is 0 Å². The molecule has 142 valence electrons. The Morgan fingerprint density at radius 3 is 2.35 bits per heavy atom. The van der Waals surface area contributed by atoms with Crippen molar-refractivity contribution in [3.8, 4) is 0 Å². The molecule has 0 bridgehead atoms. The van der Waals surface area contributed by atoms with E-state index in [0.29, 0.717) is 24.7 Å². The first-order valence-electron chi connectivity index (χ1n) is 9.27. The van der Waals surface area contributed by atoms with Crippen LogP contribution in [0.2, 0.25) is 0 Å². The number of carbonyl (C=O) groups excluding carboxylic acids is 1. The van der Waals surface area contributed by atoms with Crippen molar-refractivity contribution in [3.05, 3.63) is 41.5 Å². The Balaban J connectivity index is 2.28. The maximum absolute atomic E-state index is 13.3. The predicted octanol–water partition coefficient (Wildman–Crippen LogP) is 3.19. The van der Waals surface area contributed by atoms with Gasteiger partial charge in [-0.2, -0.15) is 0 Å². The van der Waals surface area contributed by atoms with E-state index >= 15 is 0 Å². The summed E-state index contributed by atoms with van der Waals surface area (Å²) in [5, 5.41) is 11.6. The van der Waals surface area contributed by atoms with Crippen LogP contribution in [0.25, 0.3) is 0 Å². The van der Waals surface area contributed by atoms with Crippen molar-refractivity contribution in [2.45, 2.75) is 53.0 Å². The third-order valence-corrected chi connectivity index (χ3v) is 4.91. The van der Waals surface area contributed by atoms with E-state index in [2.05, 4.69) is 29.4 Å². The van der Waals surface area contributed by atoms with Crippen molar-refractivity contribution >= 4 is 5.91 Å². The lowest BCUT2D eigenvalue weighted by molar-refractivity contribution is -0.135. The highest BCUT2D eigenvalue weighted by Crippen LogP contribution is 2.20. The Morgan fingerprint density at radius 1 is 1.19 bits per heavy atom. The number of aromatic nitrogens is 4. The second kappa shape index (κ2) is 9.40. The number of carbonyl (C=O) groups is 1. The van der Waals surface area contributed by atoms with E-state index < -0.39 is 6.04 Å². The summed E-state index contributed by atoms with van der Waals surface area (Å²) < 4.78 is 14.8. The Labute approximate surface area is 154 Å². The van der Waals surface area contributed by atoms with Gasteiger partial charge in [-0.05, 0) is 47.9 Å². The van der Waals surface area contributed by atoms with Crippen LogP contribution in [-0.2, 0) is 11.2 Å². The maximum atomic E-state index is 13.3. The number of hydrogen-bond acceptors (Lipinski definition) is 4. The maximum Gasteiger partial charge on any atom is 0.247 e. The number of halogens is 1. The van der Waals surface area contributed by atoms with Crippen molar-refractivity contribution in [1.82, 2.24) is 25.1 Å². The molecule has 0 spiro atoms. The zero-order valence-electron chi connectivity index (χ0n) is 16.0. The molecule has 0 aliphatic carbocycles. The molecule has 1 heterocycles. The number of amides is 1. The smallest absolute Gasteiger partial charge is 0.247 e. The average molecular weight is 361 g/mol. The summed E-state index contributed by atoms with van der Waals surface area (Å²) in [6.45, 7) is 9.42. The highest BCUT2D eigenvalue weighted by molar-refractivity contribution is 5.80. The highest BCUT2D eigenvalue weighted by Gasteiger charge is 2.29. The molecule has 1 atom stereocenters. The quantitative estimate of drug-likeness (QED) is 0.688. The number of nitrogens with zero attached hydrogens (tertiary/aromatic N) is 5. The molecule has 0 saturated carbocycles. The van der Waals surface area contributed by atoms with Crippen molar-refractivity contribution in [1.29, 1.82) is 0 Å². The van der Waals surface area contributed by atoms with Crippen molar-refractivity contribution in [2.24, 2.45) is 5.92 Å². The summed E-state index contributed by atoms with van der Waals surface area (Å²) in [4.78, 5) is 15.2. The van der Waals surface area contributed by atoms with Gasteiger partial charge in [-0.1, -0.05) is 38.8 Å². The second-order valence-electron chi connectivity index (χ2n) is 6.58. The van der Waals surface area contributed by atoms with E-state index in [1.165, 1.54) is 12.1 Å². The molecule has 0 saturated heterocycles. The van der Waals surface area contributed by atoms with Gasteiger partial charge in [-0.15, -0.1) is 5.10 Å². The zero-order chi connectivity index (χ0) is 19.1. The molecule has 0 radical (unpaired) electrons. The number of aryl methyl sites for hydroxylation is 1. The molecule has 7 heteroatoms. The largest absolute Gasteiger partial charge is 0.341 e. The van der Waals surface area contributed by atoms with E-state index in [-0.39, 0.29) is 11.7 Å². The average Bonchev–Trinajstić information content (AvgIpc) is 3.07. The number of benzene rings is 1. The number of tetrazole rings is 1. The van der Waals surface area contributed by atoms with Crippen LogP contribution >= 0.6 is 0 Å². The molecule has 1 aromatic carbocycles. The zero-order valence-corrected chi connectivity index (χ0v) is 16.0. The number of likely N-dealkylation sites (N-methyl/N-ethyl adjacent to an activating group) is 1. The summed E-state index contributed by atoms with van der Waals surface area (Å²) >= 11 is 0. The van der Waals surface area contributed by atoms with E-state index in [4.69, 9.17) is 0 Å². The van der Waals surface area contributed by atoms with Gasteiger partial charge in [0, 0.05) is 19.5 Å². The van der Waals surface area contributed by atoms with Crippen LogP contribution in [0.1, 0.15) is 51.0 Å². The molecule has 1 aromatic heterocycles. The fourth-order valence-electron chi connectivity index (χ4n) is 3.09. The van der Waals surface area contributed by atoms with Crippen LogP contribution in [0, 0.1) is 18.7 Å². The summed E-state index contributed by atoms with van der Waals surface area (Å²) in [7, 11) is 0. The van der Waals surface area contributed by atoms with Crippen LogP contribution in [-0.4, -0.2) is 44.1 Å². The lowest BCUT2D eigenvalue weighted by Crippen LogP contribution is -2.41. The van der Waals surface area contributed by atoms with E-state index in [1.54, 1.807) is 23.7 Å². The highest BCUT2D eigenvalue weighted by atomic mass is 19.1. The lowest BCUT2D eigenvalue weighted by Gasteiger charge is -2.29. The molecule has 0 aliphatic heterocycles. The van der Waals surface area contributed by atoms with Crippen LogP contribution in [0.5, 0.6) is 0 Å². The van der Waals surface area contributed by atoms with Crippen LogP contribution in [0.15, 0.2) is 24.3 Å². The molecule has 26 heavy (non-hydrogen) atoms. The number of rotatable bonds is 9. The SMILES string of the molecule is CCC(CC)CN(CC)C(=O)C(Cc1ccc(F)cc1)n1nnnc1C. The Hall–Kier alpha value is -2.31. The second-order valence-corrected chi connectivity index (χ2v) is 6.58. The molecule has 0 N–H and O–H groups in total. The first-order valence-corrected chi connectivity index (χ1v) is 9.27. The third kappa shape index (κ3) is 4.86. The molecule has 1 amide bonds. The summed E-state index contributed by atoms with van der Waals surface area (Å²) in [6, 6.07) is 5.68. The monoisotopic (exact) mass is 361 g/mol. The summed E-state index contributed by atoms with van der Waals surface area (Å²) in [5.74, 6) is 0.766. The normalized spacial score (nSPS) is 12.4. The predicted molar refractivity (Wildman–Crippen MR) is 98.0 cm³/mol. The Kier molecular flexibility index (Phi) is 7.24. The minimum Gasteiger partial charge on any atom is -0.341 e. The molecule has 1 unspecified atom stereocenters. The van der Waals surface area contributed by atoms with Crippen molar-refractivity contribution in [3.63, 3.8) is 0 Å². The topological polar surface area (TPSA) is 63.9 Å². The third-order valence-electron chi connectivity index (χ3n) is 4.91. The van der Waals surface area contributed by atoms with Crippen molar-refractivity contribution < 1.29 is 9.18 Å². The minimum atomic E-state index is -0.537. The first-order chi connectivity index (χ1) is 12.5. The standard InChI is InChI=1S/C19H28FN5O/c1-5-15(6-2)13-24(7-3)19(26)18(25-14(4)21-22-23-25)12-16-8-10-17(20)11-9-16/h8-11,15,18H,5-7,12-13H2,1-4H3. The fraction of sp³-hybridized carbons (Fsp3) is 0.579. The van der Waals surface area contributed by atoms with Gasteiger partial charge in [-0.3, -0.25) is 4.79 Å². The Morgan fingerprint density at radius 2 is 1.85 bits per heavy atom. The van der Waals surface area contributed by atoms with Crippen molar-refractivity contribution in [2.75, 3.05) is 13.1 Å². The molecular weight excluding hydrogens is 333 g/mol. The molecule has 2 rings (SSSR count). The van der Waals surface area contributed by atoms with Gasteiger partial charge in [0.25, 0.3) is 0 Å². The Bertz CT molecular complexity index is 696. The molecule has 2 aromatic rings. The molecule has 0 fully saturated rings. The van der Waals surface area contributed by atoms with Gasteiger partial charge >= 0.3 is 0 Å². The van der Waals surface area contributed by atoms with E-state index in [0.717, 1.165) is 24.9 Å². The van der Waals surface area contributed by atoms with Gasteiger partial charge in [-0.25, -0.2) is 9.07 Å². The van der Waals surface area contributed by atoms with E-state index in [9.17, 15) is 9.18 Å². The lowest BCUT2D eigenvalue weighted by atomic mass is 10.0. The van der Waals surface area contributed by atoms with Gasteiger partial charge in [0.15, 0.2) is 0 Å².